The predicted molar refractivity (Wildman–Crippen MR) is 142 cm³/mol. The van der Waals surface area contributed by atoms with Gasteiger partial charge in [0.05, 0.1) is 37.8 Å². The molecule has 0 radical (unpaired) electrons. The van der Waals surface area contributed by atoms with Crippen LogP contribution in [0.25, 0.3) is 10.2 Å². The van der Waals surface area contributed by atoms with Crippen LogP contribution in [0.5, 0.6) is 17.2 Å². The van der Waals surface area contributed by atoms with E-state index in [0.29, 0.717) is 27.9 Å². The minimum atomic E-state index is -0.397. The average molecular weight is 605 g/mol. The van der Waals surface area contributed by atoms with Crippen molar-refractivity contribution in [1.29, 1.82) is 0 Å². The first-order valence-electron chi connectivity index (χ1n) is 9.93. The summed E-state index contributed by atoms with van der Waals surface area (Å²) >= 11 is 8.27. The lowest BCUT2D eigenvalue weighted by Crippen LogP contribution is -2.25. The second-order valence-electron chi connectivity index (χ2n) is 6.94. The third-order valence-electron chi connectivity index (χ3n) is 4.82. The summed E-state index contributed by atoms with van der Waals surface area (Å²) in [7, 11) is 4.51. The first-order chi connectivity index (χ1) is 16.4. The smallest absolute Gasteiger partial charge is 0.281 e. The molecular weight excluding hydrogens is 586 g/mol. The number of fused-ring (bicyclic) bond motifs is 1. The van der Waals surface area contributed by atoms with Gasteiger partial charge in [0.25, 0.3) is 5.91 Å². The molecule has 4 rings (SSSR count). The molecule has 0 bridgehead atoms. The standard InChI is InChI=1S/C24H19Br2N3O4S/c1-31-19-10-15(11-20(32-2)22(19)33-3)23(30)29(27-13-14-4-6-16(25)7-5-14)24-28-18-9-8-17(26)12-21(18)34-24/h4-13H,1-3H3/b27-13+. The summed E-state index contributed by atoms with van der Waals surface area (Å²) in [4.78, 5) is 18.4. The molecule has 0 saturated carbocycles. The van der Waals surface area contributed by atoms with Crippen LogP contribution in [0.2, 0.25) is 0 Å². The van der Waals surface area contributed by atoms with Crippen LogP contribution < -0.4 is 19.2 Å². The Morgan fingerprint density at radius 3 is 2.21 bits per heavy atom. The molecule has 4 aromatic rings. The van der Waals surface area contributed by atoms with E-state index in [2.05, 4.69) is 41.9 Å². The summed E-state index contributed by atoms with van der Waals surface area (Å²) in [6.07, 6.45) is 1.62. The van der Waals surface area contributed by atoms with Crippen molar-refractivity contribution in [1.82, 2.24) is 4.98 Å². The van der Waals surface area contributed by atoms with E-state index in [9.17, 15) is 4.79 Å². The van der Waals surface area contributed by atoms with Crippen molar-refractivity contribution in [2.45, 2.75) is 0 Å². The number of halogens is 2. The van der Waals surface area contributed by atoms with Gasteiger partial charge in [-0.05, 0) is 48.0 Å². The first kappa shape index (κ1) is 24.2. The lowest BCUT2D eigenvalue weighted by molar-refractivity contribution is 0.0987. The van der Waals surface area contributed by atoms with E-state index in [4.69, 9.17) is 14.2 Å². The fourth-order valence-electron chi connectivity index (χ4n) is 3.17. The summed E-state index contributed by atoms with van der Waals surface area (Å²) in [5.74, 6) is 0.743. The van der Waals surface area contributed by atoms with Gasteiger partial charge in [-0.15, -0.1) is 0 Å². The molecule has 10 heteroatoms. The van der Waals surface area contributed by atoms with Crippen molar-refractivity contribution in [2.75, 3.05) is 26.3 Å². The Morgan fingerprint density at radius 1 is 0.941 bits per heavy atom. The topological polar surface area (TPSA) is 73.2 Å². The van der Waals surface area contributed by atoms with Gasteiger partial charge in [0.15, 0.2) is 11.5 Å². The molecule has 3 aromatic carbocycles. The molecule has 174 valence electrons. The number of amides is 1. The quantitative estimate of drug-likeness (QED) is 0.177. The summed E-state index contributed by atoms with van der Waals surface area (Å²) < 4.78 is 19.0. The van der Waals surface area contributed by atoms with Gasteiger partial charge < -0.3 is 14.2 Å². The van der Waals surface area contributed by atoms with E-state index in [0.717, 1.165) is 24.7 Å². The van der Waals surface area contributed by atoms with Crippen molar-refractivity contribution in [3.05, 3.63) is 74.7 Å². The number of thiazole rings is 1. The van der Waals surface area contributed by atoms with E-state index in [1.54, 1.807) is 18.3 Å². The lowest BCUT2D eigenvalue weighted by atomic mass is 10.1. The maximum Gasteiger partial charge on any atom is 0.281 e. The third kappa shape index (κ3) is 5.08. The highest BCUT2D eigenvalue weighted by Crippen LogP contribution is 2.39. The number of benzene rings is 3. The van der Waals surface area contributed by atoms with Crippen LogP contribution in [0.15, 0.2) is 68.6 Å². The molecule has 1 heterocycles. The Bertz CT molecular complexity index is 1350. The number of rotatable bonds is 7. The fraction of sp³-hybridized carbons (Fsp3) is 0.125. The molecule has 0 saturated heterocycles. The van der Waals surface area contributed by atoms with Crippen LogP contribution in [-0.2, 0) is 0 Å². The predicted octanol–water partition coefficient (Wildman–Crippen LogP) is 6.53. The number of hydrazone groups is 1. The summed E-state index contributed by atoms with van der Waals surface area (Å²) in [5, 5.41) is 6.22. The number of aromatic nitrogens is 1. The number of nitrogens with zero attached hydrogens (tertiary/aromatic N) is 3. The summed E-state index contributed by atoms with van der Waals surface area (Å²) in [6.45, 7) is 0. The Balaban J connectivity index is 1.81. The monoisotopic (exact) mass is 603 g/mol. The number of methoxy groups -OCH3 is 3. The molecule has 1 aromatic heterocycles. The average Bonchev–Trinajstić information content (AvgIpc) is 3.26. The second-order valence-corrected chi connectivity index (χ2v) is 9.78. The maximum atomic E-state index is 13.7. The molecule has 0 aliphatic carbocycles. The van der Waals surface area contributed by atoms with Gasteiger partial charge in [0.1, 0.15) is 0 Å². The zero-order valence-corrected chi connectivity index (χ0v) is 22.4. The fourth-order valence-corrected chi connectivity index (χ4v) is 4.90. The van der Waals surface area contributed by atoms with Crippen LogP contribution in [0.3, 0.4) is 0 Å². The van der Waals surface area contributed by atoms with E-state index in [1.165, 1.54) is 37.7 Å². The van der Waals surface area contributed by atoms with Crippen LogP contribution in [0, 0.1) is 0 Å². The molecular formula is C24H19Br2N3O4S. The number of anilines is 1. The van der Waals surface area contributed by atoms with E-state index in [1.807, 2.05) is 42.5 Å². The number of hydrogen-bond donors (Lipinski definition) is 0. The Kier molecular flexibility index (Phi) is 7.50. The Morgan fingerprint density at radius 2 is 1.59 bits per heavy atom. The lowest BCUT2D eigenvalue weighted by Gasteiger charge is -2.17. The minimum Gasteiger partial charge on any atom is -0.493 e. The first-order valence-corrected chi connectivity index (χ1v) is 12.3. The summed E-state index contributed by atoms with van der Waals surface area (Å²) in [6, 6.07) is 16.5. The molecule has 7 nitrogen and oxygen atoms in total. The normalized spacial score (nSPS) is 11.1. The van der Waals surface area contributed by atoms with Crippen molar-refractivity contribution in [2.24, 2.45) is 5.10 Å². The van der Waals surface area contributed by atoms with E-state index >= 15 is 0 Å². The van der Waals surface area contributed by atoms with Crippen molar-refractivity contribution >= 4 is 70.7 Å². The molecule has 1 amide bonds. The number of carbonyl (C=O) groups excluding carboxylic acids is 1. The molecule has 0 spiro atoms. The van der Waals surface area contributed by atoms with Gasteiger partial charge in [-0.2, -0.15) is 10.1 Å². The molecule has 0 atom stereocenters. The largest absolute Gasteiger partial charge is 0.493 e. The molecule has 0 fully saturated rings. The van der Waals surface area contributed by atoms with Crippen molar-refractivity contribution in [3.8, 4) is 17.2 Å². The molecule has 0 aliphatic rings. The number of ether oxygens (including phenoxy) is 3. The summed E-state index contributed by atoms with van der Waals surface area (Å²) in [5.41, 5.74) is 1.90. The molecule has 0 unspecified atom stereocenters. The molecule has 0 aliphatic heterocycles. The third-order valence-corrected chi connectivity index (χ3v) is 6.83. The van der Waals surface area contributed by atoms with Gasteiger partial charge in [-0.25, -0.2) is 4.98 Å². The van der Waals surface area contributed by atoms with Gasteiger partial charge in [0, 0.05) is 14.5 Å². The zero-order chi connectivity index (χ0) is 24.2. The highest BCUT2D eigenvalue weighted by atomic mass is 79.9. The van der Waals surface area contributed by atoms with E-state index in [-0.39, 0.29) is 0 Å². The van der Waals surface area contributed by atoms with Gasteiger partial charge in [0.2, 0.25) is 10.9 Å². The van der Waals surface area contributed by atoms with Crippen LogP contribution in [0.1, 0.15) is 15.9 Å². The van der Waals surface area contributed by atoms with Crippen molar-refractivity contribution in [3.63, 3.8) is 0 Å². The highest BCUT2D eigenvalue weighted by molar-refractivity contribution is 9.10. The van der Waals surface area contributed by atoms with Gasteiger partial charge >= 0.3 is 0 Å². The van der Waals surface area contributed by atoms with Crippen LogP contribution in [-0.4, -0.2) is 38.4 Å². The van der Waals surface area contributed by atoms with Crippen LogP contribution in [0.4, 0.5) is 5.13 Å². The maximum absolute atomic E-state index is 13.7. The van der Waals surface area contributed by atoms with Crippen LogP contribution >= 0.6 is 43.2 Å². The minimum absolute atomic E-state index is 0.308. The molecule has 34 heavy (non-hydrogen) atoms. The van der Waals surface area contributed by atoms with Crippen molar-refractivity contribution < 1.29 is 19.0 Å². The Labute approximate surface area is 217 Å². The highest BCUT2D eigenvalue weighted by Gasteiger charge is 2.24. The van der Waals surface area contributed by atoms with Gasteiger partial charge in [-0.1, -0.05) is 55.3 Å². The second kappa shape index (κ2) is 10.5. The number of carbonyl (C=O) groups is 1. The SMILES string of the molecule is COc1cc(C(=O)N(/N=C/c2ccc(Br)cc2)c2nc3ccc(Br)cc3s2)cc(OC)c1OC. The van der Waals surface area contributed by atoms with E-state index < -0.39 is 5.91 Å². The Hall–Kier alpha value is -2.95. The van der Waals surface area contributed by atoms with Gasteiger partial charge in [-0.3, -0.25) is 4.79 Å². The number of hydrogen-bond acceptors (Lipinski definition) is 7. The zero-order valence-electron chi connectivity index (χ0n) is 18.4. The molecule has 0 N–H and O–H groups in total.